The highest BCUT2D eigenvalue weighted by Crippen LogP contribution is 2.27. The van der Waals surface area contributed by atoms with Gasteiger partial charge in [0.2, 0.25) is 0 Å². The van der Waals surface area contributed by atoms with E-state index in [-0.39, 0.29) is 18.6 Å². The minimum absolute atomic E-state index is 0.0755. The van der Waals surface area contributed by atoms with E-state index < -0.39 is 0 Å². The summed E-state index contributed by atoms with van der Waals surface area (Å²) in [5.41, 5.74) is 0.807. The Labute approximate surface area is 149 Å². The lowest BCUT2D eigenvalue weighted by Crippen LogP contribution is -2.42. The maximum Gasteiger partial charge on any atom is 0.261 e. The van der Waals surface area contributed by atoms with Gasteiger partial charge in [-0.25, -0.2) is 0 Å². The topological polar surface area (TPSA) is 69.2 Å². The van der Waals surface area contributed by atoms with Crippen LogP contribution in [0.25, 0.3) is 0 Å². The number of methoxy groups -OCH3 is 1. The molecular formula is C19H28N2O4. The van der Waals surface area contributed by atoms with Crippen LogP contribution in [-0.4, -0.2) is 38.5 Å². The van der Waals surface area contributed by atoms with Crippen molar-refractivity contribution in [3.63, 3.8) is 0 Å². The van der Waals surface area contributed by atoms with Crippen molar-refractivity contribution in [1.82, 2.24) is 5.32 Å². The molecule has 6 heteroatoms. The number of carbonyl (C=O) groups is 1. The first kappa shape index (κ1) is 19.1. The van der Waals surface area contributed by atoms with E-state index >= 15 is 0 Å². The predicted octanol–water partition coefficient (Wildman–Crippen LogP) is 3.14. The second-order valence-corrected chi connectivity index (χ2v) is 6.29. The highest BCUT2D eigenvalue weighted by Gasteiger charge is 2.22. The Morgan fingerprint density at radius 3 is 2.84 bits per heavy atom. The van der Waals surface area contributed by atoms with E-state index in [0.717, 1.165) is 12.0 Å². The third-order valence-electron chi connectivity index (χ3n) is 4.42. The molecule has 0 radical (unpaired) electrons. The molecule has 0 bridgehead atoms. The first-order chi connectivity index (χ1) is 12.1. The van der Waals surface area contributed by atoms with Crippen LogP contribution >= 0.6 is 0 Å². The maximum absolute atomic E-state index is 11.9. The molecule has 1 amide bonds. The number of hydrogen-bond donors (Lipinski definition) is 1. The standard InChI is InChI=1S/C19H28N2O4/c1-4-24-17-10-9-15(11-18(17)23-3)12-20-25-13-19(22)21-16-8-6-5-7-14(16)2/h9-12,14,16H,4-8,13H2,1-3H3,(H,21,22)/b20-12-/t14-,16+/m0/s1. The average Bonchev–Trinajstić information content (AvgIpc) is 2.62. The molecule has 0 heterocycles. The maximum atomic E-state index is 11.9. The average molecular weight is 348 g/mol. The third kappa shape index (κ3) is 5.96. The van der Waals surface area contributed by atoms with Gasteiger partial charge in [-0.15, -0.1) is 0 Å². The Hall–Kier alpha value is -2.24. The van der Waals surface area contributed by atoms with Crippen molar-refractivity contribution < 1.29 is 19.1 Å². The summed E-state index contributed by atoms with van der Waals surface area (Å²) in [7, 11) is 1.59. The summed E-state index contributed by atoms with van der Waals surface area (Å²) < 4.78 is 10.8. The first-order valence-electron chi connectivity index (χ1n) is 8.89. The molecule has 0 aliphatic heterocycles. The number of ether oxygens (including phenoxy) is 2. The molecule has 0 saturated heterocycles. The smallest absolute Gasteiger partial charge is 0.261 e. The molecule has 1 fully saturated rings. The second kappa shape index (κ2) is 9.91. The molecule has 1 saturated carbocycles. The molecule has 0 unspecified atom stereocenters. The Morgan fingerprint density at radius 1 is 1.32 bits per heavy atom. The van der Waals surface area contributed by atoms with Gasteiger partial charge in [0.1, 0.15) is 0 Å². The molecule has 138 valence electrons. The monoisotopic (exact) mass is 348 g/mol. The zero-order valence-electron chi connectivity index (χ0n) is 15.3. The summed E-state index contributed by atoms with van der Waals surface area (Å²) in [6.07, 6.45) is 6.19. The lowest BCUT2D eigenvalue weighted by atomic mass is 9.86. The summed E-state index contributed by atoms with van der Waals surface area (Å²) >= 11 is 0. The molecule has 2 rings (SSSR count). The van der Waals surface area contributed by atoms with E-state index in [1.54, 1.807) is 13.3 Å². The van der Waals surface area contributed by atoms with Crippen LogP contribution in [0.5, 0.6) is 11.5 Å². The molecule has 2 atom stereocenters. The first-order valence-corrected chi connectivity index (χ1v) is 8.89. The van der Waals surface area contributed by atoms with Crippen molar-refractivity contribution in [2.45, 2.75) is 45.6 Å². The normalized spacial score (nSPS) is 20.3. The van der Waals surface area contributed by atoms with Crippen molar-refractivity contribution in [3.8, 4) is 11.5 Å². The summed E-state index contributed by atoms with van der Waals surface area (Å²) in [5, 5.41) is 6.90. The minimum Gasteiger partial charge on any atom is -0.493 e. The van der Waals surface area contributed by atoms with Crippen molar-refractivity contribution >= 4 is 12.1 Å². The number of amides is 1. The SMILES string of the molecule is CCOc1ccc(/C=N\OCC(=O)N[C@@H]2CCCC[C@@H]2C)cc1OC. The highest BCUT2D eigenvalue weighted by molar-refractivity contribution is 5.81. The zero-order chi connectivity index (χ0) is 18.1. The molecule has 6 nitrogen and oxygen atoms in total. The van der Waals surface area contributed by atoms with Crippen LogP contribution in [0.3, 0.4) is 0 Å². The van der Waals surface area contributed by atoms with Gasteiger partial charge >= 0.3 is 0 Å². The van der Waals surface area contributed by atoms with Crippen molar-refractivity contribution in [2.75, 3.05) is 20.3 Å². The third-order valence-corrected chi connectivity index (χ3v) is 4.42. The van der Waals surface area contributed by atoms with Gasteiger partial charge in [0, 0.05) is 11.6 Å². The van der Waals surface area contributed by atoms with E-state index in [1.807, 2.05) is 25.1 Å². The Kier molecular flexibility index (Phi) is 7.57. The minimum atomic E-state index is -0.125. The van der Waals surface area contributed by atoms with Crippen LogP contribution in [0.2, 0.25) is 0 Å². The Bertz CT molecular complexity index is 589. The Balaban J connectivity index is 1.79. The predicted molar refractivity (Wildman–Crippen MR) is 97.3 cm³/mol. The van der Waals surface area contributed by atoms with Gasteiger partial charge in [0.05, 0.1) is 19.9 Å². The molecular weight excluding hydrogens is 320 g/mol. The van der Waals surface area contributed by atoms with E-state index in [1.165, 1.54) is 19.3 Å². The van der Waals surface area contributed by atoms with E-state index in [0.29, 0.717) is 24.0 Å². The van der Waals surface area contributed by atoms with E-state index in [9.17, 15) is 4.79 Å². The molecule has 1 N–H and O–H groups in total. The van der Waals surface area contributed by atoms with Crippen LogP contribution in [0.4, 0.5) is 0 Å². The summed E-state index contributed by atoms with van der Waals surface area (Å²) in [5.74, 6) is 1.72. The van der Waals surface area contributed by atoms with Crippen molar-refractivity contribution in [2.24, 2.45) is 11.1 Å². The van der Waals surface area contributed by atoms with Gasteiger partial charge in [-0.05, 0) is 43.9 Å². The second-order valence-electron chi connectivity index (χ2n) is 6.29. The number of nitrogens with zero attached hydrogens (tertiary/aromatic N) is 1. The number of benzene rings is 1. The van der Waals surface area contributed by atoms with Crippen LogP contribution in [0.15, 0.2) is 23.4 Å². The van der Waals surface area contributed by atoms with Gasteiger partial charge in [0.15, 0.2) is 18.1 Å². The van der Waals surface area contributed by atoms with Crippen LogP contribution in [0.1, 0.15) is 45.1 Å². The largest absolute Gasteiger partial charge is 0.493 e. The lowest BCUT2D eigenvalue weighted by molar-refractivity contribution is -0.126. The van der Waals surface area contributed by atoms with Crippen molar-refractivity contribution in [3.05, 3.63) is 23.8 Å². The van der Waals surface area contributed by atoms with Gasteiger partial charge in [0.25, 0.3) is 5.91 Å². The van der Waals surface area contributed by atoms with Gasteiger partial charge < -0.3 is 19.6 Å². The Morgan fingerprint density at radius 2 is 2.12 bits per heavy atom. The number of hydrogen-bond acceptors (Lipinski definition) is 5. The fourth-order valence-corrected chi connectivity index (χ4v) is 3.01. The summed E-state index contributed by atoms with van der Waals surface area (Å²) in [6.45, 7) is 4.60. The molecule has 1 aliphatic carbocycles. The molecule has 25 heavy (non-hydrogen) atoms. The molecule has 1 aromatic rings. The zero-order valence-corrected chi connectivity index (χ0v) is 15.3. The van der Waals surface area contributed by atoms with E-state index in [2.05, 4.69) is 17.4 Å². The van der Waals surface area contributed by atoms with E-state index in [4.69, 9.17) is 14.3 Å². The number of nitrogens with one attached hydrogen (secondary N) is 1. The van der Waals surface area contributed by atoms with Gasteiger partial charge in [-0.1, -0.05) is 24.9 Å². The molecule has 1 aliphatic rings. The highest BCUT2D eigenvalue weighted by atomic mass is 16.6. The quantitative estimate of drug-likeness (QED) is 0.579. The summed E-state index contributed by atoms with van der Waals surface area (Å²) in [4.78, 5) is 17.1. The lowest BCUT2D eigenvalue weighted by Gasteiger charge is -2.29. The fourth-order valence-electron chi connectivity index (χ4n) is 3.01. The molecule has 1 aromatic carbocycles. The van der Waals surface area contributed by atoms with Gasteiger partial charge in [-0.2, -0.15) is 0 Å². The number of rotatable bonds is 8. The summed E-state index contributed by atoms with van der Waals surface area (Å²) in [6, 6.07) is 5.73. The van der Waals surface area contributed by atoms with Crippen LogP contribution in [-0.2, 0) is 9.63 Å². The van der Waals surface area contributed by atoms with Gasteiger partial charge in [-0.3, -0.25) is 4.79 Å². The fraction of sp³-hybridized carbons (Fsp3) is 0.579. The van der Waals surface area contributed by atoms with Crippen LogP contribution < -0.4 is 14.8 Å². The molecule has 0 aromatic heterocycles. The number of oxime groups is 1. The van der Waals surface area contributed by atoms with Crippen LogP contribution in [0, 0.1) is 5.92 Å². The van der Waals surface area contributed by atoms with Crippen molar-refractivity contribution in [1.29, 1.82) is 0 Å². The number of carbonyl (C=O) groups excluding carboxylic acids is 1. The molecule has 0 spiro atoms.